The Labute approximate surface area is 131 Å². The number of hydrogen-bond donors (Lipinski definition) is 0. The molecular formula is C13H15BrFNO4S. The van der Waals surface area contributed by atoms with Crippen molar-refractivity contribution in [1.29, 1.82) is 0 Å². The molecule has 1 saturated heterocycles. The van der Waals surface area contributed by atoms with Gasteiger partial charge in [0.25, 0.3) is 0 Å². The van der Waals surface area contributed by atoms with Gasteiger partial charge in [0.1, 0.15) is 0 Å². The molecule has 1 aromatic carbocycles. The van der Waals surface area contributed by atoms with Crippen LogP contribution in [0.4, 0.5) is 4.39 Å². The summed E-state index contributed by atoms with van der Waals surface area (Å²) in [5.41, 5.74) is 0. The third-order valence-electron chi connectivity index (χ3n) is 3.29. The van der Waals surface area contributed by atoms with Gasteiger partial charge in [-0.1, -0.05) is 15.9 Å². The second-order valence-corrected chi connectivity index (χ2v) is 7.85. The topological polar surface area (TPSA) is 63.7 Å². The zero-order valence-electron chi connectivity index (χ0n) is 11.4. The van der Waals surface area contributed by atoms with E-state index in [1.165, 1.54) is 16.4 Å². The molecule has 0 saturated carbocycles. The monoisotopic (exact) mass is 379 g/mol. The molecule has 1 fully saturated rings. The number of esters is 1. The van der Waals surface area contributed by atoms with E-state index < -0.39 is 27.7 Å². The smallest absolute Gasteiger partial charge is 0.315 e. The summed E-state index contributed by atoms with van der Waals surface area (Å²) >= 11 is 3.11. The van der Waals surface area contributed by atoms with Crippen molar-refractivity contribution in [2.75, 3.05) is 19.3 Å². The molecule has 1 heterocycles. The summed E-state index contributed by atoms with van der Waals surface area (Å²) in [6.07, 6.45) is 2.22. The van der Waals surface area contributed by atoms with E-state index in [0.717, 1.165) is 6.26 Å². The van der Waals surface area contributed by atoms with Crippen molar-refractivity contribution < 1.29 is 22.3 Å². The van der Waals surface area contributed by atoms with E-state index in [4.69, 9.17) is 4.74 Å². The zero-order valence-corrected chi connectivity index (χ0v) is 13.8. The first-order valence-electron chi connectivity index (χ1n) is 6.39. The van der Waals surface area contributed by atoms with E-state index in [-0.39, 0.29) is 12.3 Å². The molecule has 1 unspecified atom stereocenters. The molecule has 0 amide bonds. The number of carbonyl (C=O) groups excluding carboxylic acids is 1. The highest BCUT2D eigenvalue weighted by Crippen LogP contribution is 2.25. The lowest BCUT2D eigenvalue weighted by Gasteiger charge is -2.29. The van der Waals surface area contributed by atoms with Crippen molar-refractivity contribution in [3.05, 3.63) is 28.5 Å². The number of benzene rings is 1. The molecule has 0 N–H and O–H groups in total. The van der Waals surface area contributed by atoms with Crippen LogP contribution in [0.3, 0.4) is 0 Å². The second-order valence-electron chi connectivity index (χ2n) is 4.96. The lowest BCUT2D eigenvalue weighted by atomic mass is 10.00. The average molecular weight is 380 g/mol. The van der Waals surface area contributed by atoms with Crippen molar-refractivity contribution in [1.82, 2.24) is 4.31 Å². The molecule has 0 bridgehead atoms. The van der Waals surface area contributed by atoms with Crippen molar-refractivity contribution in [2.24, 2.45) is 5.92 Å². The van der Waals surface area contributed by atoms with Crippen LogP contribution in [0.2, 0.25) is 0 Å². The van der Waals surface area contributed by atoms with E-state index in [1.54, 1.807) is 6.07 Å². The van der Waals surface area contributed by atoms with Crippen LogP contribution in [-0.2, 0) is 14.8 Å². The summed E-state index contributed by atoms with van der Waals surface area (Å²) in [4.78, 5) is 12.1. The van der Waals surface area contributed by atoms with Crippen LogP contribution < -0.4 is 4.74 Å². The van der Waals surface area contributed by atoms with Gasteiger partial charge in [-0.2, -0.15) is 0 Å². The van der Waals surface area contributed by atoms with Gasteiger partial charge in [-0.3, -0.25) is 4.79 Å². The van der Waals surface area contributed by atoms with E-state index >= 15 is 0 Å². The number of halogens is 2. The maximum atomic E-state index is 13.6. The van der Waals surface area contributed by atoms with Crippen LogP contribution in [0.5, 0.6) is 5.75 Å². The van der Waals surface area contributed by atoms with Crippen molar-refractivity contribution >= 4 is 31.9 Å². The zero-order chi connectivity index (χ0) is 15.6. The van der Waals surface area contributed by atoms with Gasteiger partial charge in [-0.25, -0.2) is 17.1 Å². The standard InChI is InChI=1S/C13H15BrFNO4S/c1-21(18,19)16-6-2-3-9(8-16)13(17)20-12-5-4-10(14)7-11(12)15/h4-5,7,9H,2-3,6,8H2,1H3. The first kappa shape index (κ1) is 16.4. The first-order valence-corrected chi connectivity index (χ1v) is 9.03. The Bertz CT molecular complexity index is 650. The fourth-order valence-electron chi connectivity index (χ4n) is 2.19. The number of piperidine rings is 1. The summed E-state index contributed by atoms with van der Waals surface area (Å²) < 4.78 is 43.5. The third kappa shape index (κ3) is 4.24. The molecule has 1 aliphatic rings. The average Bonchev–Trinajstić information content (AvgIpc) is 2.41. The van der Waals surface area contributed by atoms with E-state index in [2.05, 4.69) is 15.9 Å². The van der Waals surface area contributed by atoms with Gasteiger partial charge in [0, 0.05) is 17.6 Å². The molecule has 1 aliphatic heterocycles. The number of sulfonamides is 1. The van der Waals surface area contributed by atoms with Gasteiger partial charge >= 0.3 is 5.97 Å². The van der Waals surface area contributed by atoms with Crippen LogP contribution in [0, 0.1) is 11.7 Å². The maximum absolute atomic E-state index is 13.6. The van der Waals surface area contributed by atoms with Crippen molar-refractivity contribution in [3.63, 3.8) is 0 Å². The molecule has 0 spiro atoms. The third-order valence-corrected chi connectivity index (χ3v) is 5.05. The molecule has 1 aromatic rings. The van der Waals surface area contributed by atoms with E-state index in [0.29, 0.717) is 23.9 Å². The normalized spacial score (nSPS) is 20.2. The van der Waals surface area contributed by atoms with E-state index in [1.807, 2.05) is 0 Å². The minimum absolute atomic E-state index is 0.0792. The van der Waals surface area contributed by atoms with Crippen molar-refractivity contribution in [2.45, 2.75) is 12.8 Å². The Hall–Kier alpha value is -0.990. The lowest BCUT2D eigenvalue weighted by Crippen LogP contribution is -2.42. The maximum Gasteiger partial charge on any atom is 0.315 e. The van der Waals surface area contributed by atoms with Gasteiger partial charge in [0.2, 0.25) is 10.0 Å². The quantitative estimate of drug-likeness (QED) is 0.596. The number of hydrogen-bond acceptors (Lipinski definition) is 4. The van der Waals surface area contributed by atoms with Gasteiger partial charge in [-0.05, 0) is 31.0 Å². The van der Waals surface area contributed by atoms with Crippen LogP contribution in [0.1, 0.15) is 12.8 Å². The predicted molar refractivity (Wildman–Crippen MR) is 78.9 cm³/mol. The van der Waals surface area contributed by atoms with Gasteiger partial charge in [0.15, 0.2) is 11.6 Å². The van der Waals surface area contributed by atoms with Crippen LogP contribution >= 0.6 is 15.9 Å². The van der Waals surface area contributed by atoms with E-state index in [9.17, 15) is 17.6 Å². The molecule has 8 heteroatoms. The Kier molecular flexibility index (Phi) is 5.00. The highest BCUT2D eigenvalue weighted by molar-refractivity contribution is 9.10. The first-order chi connectivity index (χ1) is 9.77. The largest absolute Gasteiger partial charge is 0.423 e. The lowest BCUT2D eigenvalue weighted by molar-refractivity contribution is -0.140. The SMILES string of the molecule is CS(=O)(=O)N1CCCC(C(=O)Oc2ccc(Br)cc2F)C1. The highest BCUT2D eigenvalue weighted by Gasteiger charge is 2.31. The summed E-state index contributed by atoms with van der Waals surface area (Å²) in [5.74, 6) is -1.98. The Morgan fingerprint density at radius 1 is 1.48 bits per heavy atom. The minimum Gasteiger partial charge on any atom is -0.423 e. The summed E-state index contributed by atoms with van der Waals surface area (Å²) in [7, 11) is -3.33. The number of ether oxygens (including phenoxy) is 1. The van der Waals surface area contributed by atoms with Crippen molar-refractivity contribution in [3.8, 4) is 5.75 Å². The van der Waals surface area contributed by atoms with Gasteiger partial charge < -0.3 is 4.74 Å². The molecule has 1 atom stereocenters. The highest BCUT2D eigenvalue weighted by atomic mass is 79.9. The summed E-state index contributed by atoms with van der Waals surface area (Å²) in [5, 5.41) is 0. The van der Waals surface area contributed by atoms with Crippen LogP contribution in [-0.4, -0.2) is 38.0 Å². The van der Waals surface area contributed by atoms with Crippen LogP contribution in [0.15, 0.2) is 22.7 Å². The Balaban J connectivity index is 2.06. The minimum atomic E-state index is -3.33. The number of carbonyl (C=O) groups is 1. The predicted octanol–water partition coefficient (Wildman–Crippen LogP) is 2.17. The second kappa shape index (κ2) is 6.41. The molecule has 0 radical (unpaired) electrons. The molecule has 0 aromatic heterocycles. The Morgan fingerprint density at radius 3 is 2.81 bits per heavy atom. The molecule has 5 nitrogen and oxygen atoms in total. The number of nitrogens with zero attached hydrogens (tertiary/aromatic N) is 1. The molecule has 0 aliphatic carbocycles. The summed E-state index contributed by atoms with van der Waals surface area (Å²) in [6, 6.07) is 4.12. The Morgan fingerprint density at radius 2 is 2.19 bits per heavy atom. The molecular weight excluding hydrogens is 365 g/mol. The fourth-order valence-corrected chi connectivity index (χ4v) is 3.43. The van der Waals surface area contributed by atoms with Gasteiger partial charge in [-0.15, -0.1) is 0 Å². The summed E-state index contributed by atoms with van der Waals surface area (Å²) in [6.45, 7) is 0.477. The molecule has 2 rings (SSSR count). The van der Waals surface area contributed by atoms with Gasteiger partial charge in [0.05, 0.1) is 12.2 Å². The molecule has 116 valence electrons. The molecule has 21 heavy (non-hydrogen) atoms. The fraction of sp³-hybridized carbons (Fsp3) is 0.462. The number of rotatable bonds is 3. The van der Waals surface area contributed by atoms with Crippen LogP contribution in [0.25, 0.3) is 0 Å².